The van der Waals surface area contributed by atoms with Gasteiger partial charge in [0.1, 0.15) is 12.2 Å². The highest BCUT2D eigenvalue weighted by Crippen LogP contribution is 2.50. The summed E-state index contributed by atoms with van der Waals surface area (Å²) in [5, 5.41) is 9.71. The first-order valence-corrected chi connectivity index (χ1v) is 15.3. The Morgan fingerprint density at radius 2 is 1.77 bits per heavy atom. The number of carbonyl (C=O) groups excluding carboxylic acids is 2. The van der Waals surface area contributed by atoms with Gasteiger partial charge in [0.15, 0.2) is 11.5 Å². The normalized spacial score (nSPS) is 22.6. The van der Waals surface area contributed by atoms with Crippen LogP contribution < -0.4 is 14.4 Å². The van der Waals surface area contributed by atoms with E-state index in [9.17, 15) is 19.5 Å². The van der Waals surface area contributed by atoms with Gasteiger partial charge in [-0.15, -0.1) is 0 Å². The van der Waals surface area contributed by atoms with Gasteiger partial charge in [0.05, 0.1) is 37.3 Å². The van der Waals surface area contributed by atoms with E-state index in [0.29, 0.717) is 48.0 Å². The van der Waals surface area contributed by atoms with Crippen LogP contribution in [0.3, 0.4) is 0 Å². The summed E-state index contributed by atoms with van der Waals surface area (Å²) in [6, 6.07) is 7.65. The van der Waals surface area contributed by atoms with E-state index in [0.717, 1.165) is 35.2 Å². The smallest absolute Gasteiger partial charge is 0.306 e. The van der Waals surface area contributed by atoms with Gasteiger partial charge < -0.3 is 29.1 Å². The fourth-order valence-corrected chi connectivity index (χ4v) is 7.16. The van der Waals surface area contributed by atoms with Crippen molar-refractivity contribution in [1.29, 1.82) is 0 Å². The minimum atomic E-state index is -1.08. The Bertz CT molecular complexity index is 1430. The first-order chi connectivity index (χ1) is 20.3. The highest BCUT2D eigenvalue weighted by Gasteiger charge is 2.47. The van der Waals surface area contributed by atoms with E-state index in [1.807, 2.05) is 24.0 Å². The number of anilines is 1. The van der Waals surface area contributed by atoms with Crippen LogP contribution in [0.4, 0.5) is 5.69 Å². The number of likely N-dealkylation sites (tertiary alicyclic amines) is 1. The topological polar surface area (TPSA) is 106 Å². The Kier molecular flexibility index (Phi) is 8.69. The molecular formula is C33H41ClN2O7. The van der Waals surface area contributed by atoms with Gasteiger partial charge in [0.2, 0.25) is 5.91 Å². The van der Waals surface area contributed by atoms with Crippen molar-refractivity contribution in [2.24, 2.45) is 11.3 Å². The fourth-order valence-electron chi connectivity index (χ4n) is 6.83. The number of carboxylic acid groups (broad SMARTS) is 1. The minimum Gasteiger partial charge on any atom is -0.493 e. The highest BCUT2D eigenvalue weighted by atomic mass is 35.5. The number of nitrogens with zero attached hydrogens (tertiary/aromatic N) is 2. The van der Waals surface area contributed by atoms with Crippen LogP contribution >= 0.6 is 11.6 Å². The zero-order valence-electron chi connectivity index (χ0n) is 25.7. The Labute approximate surface area is 258 Å². The third kappa shape index (κ3) is 5.81. The molecule has 0 spiro atoms. The van der Waals surface area contributed by atoms with Gasteiger partial charge in [-0.2, -0.15) is 0 Å². The number of halogens is 1. The number of amides is 2. The molecule has 3 aliphatic heterocycles. The van der Waals surface area contributed by atoms with Crippen LogP contribution in [0.5, 0.6) is 11.5 Å². The zero-order valence-corrected chi connectivity index (χ0v) is 26.5. The average molecular weight is 613 g/mol. The van der Waals surface area contributed by atoms with Gasteiger partial charge in [-0.3, -0.25) is 14.4 Å². The molecule has 2 aromatic carbocycles. The molecule has 1 saturated heterocycles. The molecule has 5 rings (SSSR count). The van der Waals surface area contributed by atoms with Crippen molar-refractivity contribution >= 4 is 35.1 Å². The maximum Gasteiger partial charge on any atom is 0.306 e. The molecule has 0 unspecified atom stereocenters. The molecule has 2 aromatic rings. The Morgan fingerprint density at radius 1 is 1.07 bits per heavy atom. The lowest BCUT2D eigenvalue weighted by molar-refractivity contribution is -0.148. The molecule has 0 saturated carbocycles. The van der Waals surface area contributed by atoms with Gasteiger partial charge in [0, 0.05) is 30.3 Å². The molecule has 1 fully saturated rings. The molecule has 3 heterocycles. The number of hydrogen-bond donors (Lipinski definition) is 1. The summed E-state index contributed by atoms with van der Waals surface area (Å²) in [7, 11) is 3.06. The Morgan fingerprint density at radius 3 is 2.37 bits per heavy atom. The van der Waals surface area contributed by atoms with Crippen LogP contribution in [0.2, 0.25) is 5.02 Å². The van der Waals surface area contributed by atoms with Crippen LogP contribution in [0.15, 0.2) is 24.3 Å². The number of piperidine rings is 1. The van der Waals surface area contributed by atoms with Crippen molar-refractivity contribution in [3.63, 3.8) is 0 Å². The second-order valence-electron chi connectivity index (χ2n) is 12.9. The maximum absolute atomic E-state index is 14.6. The first kappa shape index (κ1) is 31.1. The number of aryl methyl sites for hydroxylation is 2. The van der Waals surface area contributed by atoms with Crippen molar-refractivity contribution < 1.29 is 33.7 Å². The first-order valence-electron chi connectivity index (χ1n) is 14.9. The standard InChI is InChI=1S/C33H41ClN2O7/c1-18-15-20-7-10-25(33(2,3)4)36-28(20)22(16-18)29(21-8-9-23(41-5)30(42-6)27(21)34)43-24(31(36)38)17-26(37)35-13-11-19(12-14-35)32(39)40/h8-9,15-16,19,24-25,29H,7,10-14,17H2,1-6H3,(H,39,40)/t24-,25+,29-/m1/s1. The average Bonchev–Trinajstić information content (AvgIpc) is 3.07. The van der Waals surface area contributed by atoms with E-state index in [-0.39, 0.29) is 29.7 Å². The predicted octanol–water partition coefficient (Wildman–Crippen LogP) is 5.56. The number of ether oxygens (including phenoxy) is 3. The number of rotatable bonds is 6. The summed E-state index contributed by atoms with van der Waals surface area (Å²) in [4.78, 5) is 43.2. The number of benzene rings is 2. The van der Waals surface area contributed by atoms with Crippen LogP contribution in [0.25, 0.3) is 0 Å². The van der Waals surface area contributed by atoms with Gasteiger partial charge >= 0.3 is 5.97 Å². The molecule has 43 heavy (non-hydrogen) atoms. The molecule has 10 heteroatoms. The van der Waals surface area contributed by atoms with E-state index in [4.69, 9.17) is 25.8 Å². The van der Waals surface area contributed by atoms with Crippen LogP contribution in [0.1, 0.15) is 74.8 Å². The number of hydrogen-bond acceptors (Lipinski definition) is 6. The molecule has 3 atom stereocenters. The van der Waals surface area contributed by atoms with Crippen molar-refractivity contribution in [3.05, 3.63) is 51.5 Å². The molecule has 0 bridgehead atoms. The summed E-state index contributed by atoms with van der Waals surface area (Å²) < 4.78 is 17.8. The van der Waals surface area contributed by atoms with Crippen LogP contribution in [0, 0.1) is 18.3 Å². The van der Waals surface area contributed by atoms with E-state index >= 15 is 0 Å². The SMILES string of the molecule is COc1ccc([C@H]2O[C@H](CC(=O)N3CCC(C(=O)O)CC3)C(=O)N3c4c(cc(C)cc42)CC[C@H]3C(C)(C)C)c(Cl)c1OC. The summed E-state index contributed by atoms with van der Waals surface area (Å²) >= 11 is 6.96. The lowest BCUT2D eigenvalue weighted by atomic mass is 9.78. The van der Waals surface area contributed by atoms with Crippen LogP contribution in [-0.2, 0) is 25.5 Å². The molecule has 0 aromatic heterocycles. The lowest BCUT2D eigenvalue weighted by Gasteiger charge is -2.45. The molecule has 0 radical (unpaired) electrons. The predicted molar refractivity (Wildman–Crippen MR) is 163 cm³/mol. The second-order valence-corrected chi connectivity index (χ2v) is 13.3. The number of carbonyl (C=O) groups is 3. The largest absolute Gasteiger partial charge is 0.493 e. The van der Waals surface area contributed by atoms with E-state index < -0.39 is 24.1 Å². The molecular weight excluding hydrogens is 572 g/mol. The fraction of sp³-hybridized carbons (Fsp3) is 0.545. The number of aliphatic carboxylic acids is 1. The molecule has 3 aliphatic rings. The summed E-state index contributed by atoms with van der Waals surface area (Å²) in [5.74, 6) is -0.955. The second kappa shape index (κ2) is 12.0. The van der Waals surface area contributed by atoms with Crippen molar-refractivity contribution in [2.75, 3.05) is 32.2 Å². The number of methoxy groups -OCH3 is 2. The molecule has 0 aliphatic carbocycles. The van der Waals surface area contributed by atoms with Crippen molar-refractivity contribution in [3.8, 4) is 11.5 Å². The van der Waals surface area contributed by atoms with Crippen molar-refractivity contribution in [1.82, 2.24) is 4.90 Å². The molecule has 9 nitrogen and oxygen atoms in total. The van der Waals surface area contributed by atoms with E-state index in [1.54, 1.807) is 11.0 Å². The summed E-state index contributed by atoms with van der Waals surface area (Å²) in [6.45, 7) is 9.08. The van der Waals surface area contributed by atoms with Gasteiger partial charge in [-0.05, 0) is 49.7 Å². The van der Waals surface area contributed by atoms with Crippen molar-refractivity contribution in [2.45, 2.75) is 78.0 Å². The monoisotopic (exact) mass is 612 g/mol. The highest BCUT2D eigenvalue weighted by molar-refractivity contribution is 6.33. The Balaban J connectivity index is 1.62. The van der Waals surface area contributed by atoms with Gasteiger partial charge in [0.25, 0.3) is 5.91 Å². The van der Waals surface area contributed by atoms with E-state index in [1.165, 1.54) is 14.2 Å². The number of carboxylic acids is 1. The molecule has 232 valence electrons. The van der Waals surface area contributed by atoms with Crippen LogP contribution in [-0.4, -0.2) is 67.2 Å². The molecule has 2 amide bonds. The summed E-state index contributed by atoms with van der Waals surface area (Å²) in [6.07, 6.45) is 0.369. The third-order valence-corrected chi connectivity index (χ3v) is 9.44. The van der Waals surface area contributed by atoms with Gasteiger partial charge in [-0.25, -0.2) is 0 Å². The van der Waals surface area contributed by atoms with Gasteiger partial charge in [-0.1, -0.05) is 56.1 Å². The van der Waals surface area contributed by atoms with E-state index in [2.05, 4.69) is 26.8 Å². The minimum absolute atomic E-state index is 0.110. The lowest BCUT2D eigenvalue weighted by Crippen LogP contribution is -2.54. The Hall–Kier alpha value is -3.30. The zero-order chi connectivity index (χ0) is 31.2. The quantitative estimate of drug-likeness (QED) is 0.455. The maximum atomic E-state index is 14.6. The third-order valence-electron chi connectivity index (χ3n) is 9.05. The molecule has 1 N–H and O–H groups in total. The summed E-state index contributed by atoms with van der Waals surface area (Å²) in [5.41, 5.74) is 4.13.